The van der Waals surface area contributed by atoms with Crippen molar-refractivity contribution in [3.05, 3.63) is 59.1 Å². The summed E-state index contributed by atoms with van der Waals surface area (Å²) in [6.45, 7) is 0.111. The van der Waals surface area contributed by atoms with Crippen molar-refractivity contribution in [2.24, 2.45) is 0 Å². The average Bonchev–Trinajstić information content (AvgIpc) is 3.30. The molecule has 3 aromatic rings. The van der Waals surface area contributed by atoms with Crippen molar-refractivity contribution in [1.29, 1.82) is 0 Å². The van der Waals surface area contributed by atoms with Gasteiger partial charge < -0.3 is 29.6 Å². The quantitative estimate of drug-likeness (QED) is 0.445. The number of carbonyl (C=O) groups excluding carboxylic acids is 2. The van der Waals surface area contributed by atoms with Crippen molar-refractivity contribution >= 4 is 34.0 Å². The molecule has 0 aliphatic heterocycles. The van der Waals surface area contributed by atoms with Crippen molar-refractivity contribution in [2.75, 3.05) is 38.6 Å². The van der Waals surface area contributed by atoms with Gasteiger partial charge in [-0.15, -0.1) is 11.3 Å². The Hall–Kier alpha value is -3.79. The molecule has 2 N–H and O–H groups in total. The number of nitrogens with zero attached hydrogens (tertiary/aromatic N) is 1. The molecular formula is C22H23N3O6S. The molecule has 0 radical (unpaired) electrons. The van der Waals surface area contributed by atoms with Crippen LogP contribution in [-0.2, 0) is 16.1 Å². The van der Waals surface area contributed by atoms with E-state index in [2.05, 4.69) is 15.6 Å². The molecule has 10 heteroatoms. The number of aromatic nitrogens is 1. The minimum atomic E-state index is -0.686. The predicted octanol–water partition coefficient (Wildman–Crippen LogP) is 3.58. The van der Waals surface area contributed by atoms with Crippen LogP contribution in [-0.4, -0.2) is 44.8 Å². The summed E-state index contributed by atoms with van der Waals surface area (Å²) < 4.78 is 20.8. The zero-order valence-electron chi connectivity index (χ0n) is 17.8. The highest BCUT2D eigenvalue weighted by Crippen LogP contribution is 2.39. The van der Waals surface area contributed by atoms with Crippen LogP contribution in [0.4, 0.5) is 10.8 Å². The van der Waals surface area contributed by atoms with Crippen LogP contribution in [0.5, 0.6) is 17.2 Å². The molecule has 168 valence electrons. The van der Waals surface area contributed by atoms with E-state index < -0.39 is 18.5 Å². The molecule has 1 aromatic heterocycles. The van der Waals surface area contributed by atoms with E-state index in [1.807, 2.05) is 30.3 Å². The van der Waals surface area contributed by atoms with E-state index >= 15 is 0 Å². The lowest BCUT2D eigenvalue weighted by atomic mass is 10.2. The second-order valence-electron chi connectivity index (χ2n) is 6.42. The Bertz CT molecular complexity index is 1050. The van der Waals surface area contributed by atoms with Gasteiger partial charge in [-0.3, -0.25) is 4.79 Å². The van der Waals surface area contributed by atoms with Crippen LogP contribution in [0, 0.1) is 0 Å². The van der Waals surface area contributed by atoms with Gasteiger partial charge in [0, 0.05) is 29.7 Å². The fourth-order valence-electron chi connectivity index (χ4n) is 2.78. The Balaban J connectivity index is 1.53. The Morgan fingerprint density at radius 3 is 2.31 bits per heavy atom. The largest absolute Gasteiger partial charge is 0.493 e. The van der Waals surface area contributed by atoms with E-state index in [-0.39, 0.29) is 5.69 Å². The number of ether oxygens (including phenoxy) is 4. The van der Waals surface area contributed by atoms with Gasteiger partial charge in [-0.2, -0.15) is 0 Å². The van der Waals surface area contributed by atoms with E-state index in [0.29, 0.717) is 34.6 Å². The van der Waals surface area contributed by atoms with Gasteiger partial charge in [-0.1, -0.05) is 30.3 Å². The molecule has 0 atom stereocenters. The summed E-state index contributed by atoms with van der Waals surface area (Å²) in [5.74, 6) is -0.0340. The van der Waals surface area contributed by atoms with Crippen LogP contribution in [0.3, 0.4) is 0 Å². The van der Waals surface area contributed by atoms with Crippen LogP contribution in [0.25, 0.3) is 0 Å². The summed E-state index contributed by atoms with van der Waals surface area (Å²) in [5, 5.41) is 7.94. The number of benzene rings is 2. The van der Waals surface area contributed by atoms with Crippen molar-refractivity contribution in [3.63, 3.8) is 0 Å². The van der Waals surface area contributed by atoms with Gasteiger partial charge in [-0.05, 0) is 5.56 Å². The molecule has 1 amide bonds. The van der Waals surface area contributed by atoms with E-state index in [4.69, 9.17) is 18.9 Å². The predicted molar refractivity (Wildman–Crippen MR) is 121 cm³/mol. The van der Waals surface area contributed by atoms with Crippen molar-refractivity contribution < 1.29 is 28.5 Å². The number of rotatable bonds is 10. The molecule has 0 bridgehead atoms. The minimum absolute atomic E-state index is 0.131. The summed E-state index contributed by atoms with van der Waals surface area (Å²) in [6.07, 6.45) is 0. The summed E-state index contributed by atoms with van der Waals surface area (Å²) in [4.78, 5) is 28.7. The monoisotopic (exact) mass is 457 g/mol. The van der Waals surface area contributed by atoms with Crippen molar-refractivity contribution in [3.8, 4) is 17.2 Å². The lowest BCUT2D eigenvalue weighted by Crippen LogP contribution is -2.21. The Kier molecular flexibility index (Phi) is 7.87. The van der Waals surface area contributed by atoms with Gasteiger partial charge in [0.2, 0.25) is 5.75 Å². The van der Waals surface area contributed by atoms with Crippen molar-refractivity contribution in [2.45, 2.75) is 6.54 Å². The first-order valence-electron chi connectivity index (χ1n) is 9.54. The third kappa shape index (κ3) is 5.88. The van der Waals surface area contributed by atoms with Crippen LogP contribution in [0.1, 0.15) is 16.1 Å². The number of carbonyl (C=O) groups is 2. The lowest BCUT2D eigenvalue weighted by Gasteiger charge is -2.14. The summed E-state index contributed by atoms with van der Waals surface area (Å²) in [6, 6.07) is 13.0. The fourth-order valence-corrected chi connectivity index (χ4v) is 3.46. The first-order valence-corrected chi connectivity index (χ1v) is 10.4. The van der Waals surface area contributed by atoms with Crippen LogP contribution in [0.15, 0.2) is 47.8 Å². The highest BCUT2D eigenvalue weighted by atomic mass is 32.1. The maximum atomic E-state index is 12.2. The maximum absolute atomic E-state index is 12.2. The Labute approximate surface area is 189 Å². The zero-order chi connectivity index (χ0) is 22.9. The SMILES string of the molecule is COc1cc(NC(=O)COC(=O)c2csc(NCc3ccccc3)n2)cc(OC)c1OC. The molecule has 0 saturated heterocycles. The summed E-state index contributed by atoms with van der Waals surface area (Å²) in [7, 11) is 4.43. The standard InChI is InChI=1S/C22H23N3O6S/c1-28-17-9-15(10-18(29-2)20(17)30-3)24-19(26)12-31-21(27)16-13-32-22(25-16)23-11-14-7-5-4-6-8-14/h4-10,13H,11-12H2,1-3H3,(H,23,25)(H,24,26). The number of anilines is 2. The topological polar surface area (TPSA) is 108 Å². The average molecular weight is 458 g/mol. The van der Waals surface area contributed by atoms with Gasteiger partial charge in [0.1, 0.15) is 0 Å². The second-order valence-corrected chi connectivity index (χ2v) is 7.27. The van der Waals surface area contributed by atoms with E-state index in [1.165, 1.54) is 32.7 Å². The van der Waals surface area contributed by atoms with Crippen LogP contribution < -0.4 is 24.8 Å². The highest BCUT2D eigenvalue weighted by molar-refractivity contribution is 7.13. The highest BCUT2D eigenvalue weighted by Gasteiger charge is 2.17. The van der Waals surface area contributed by atoms with Crippen LogP contribution in [0.2, 0.25) is 0 Å². The lowest BCUT2D eigenvalue weighted by molar-refractivity contribution is -0.119. The molecule has 9 nitrogen and oxygen atoms in total. The third-order valence-corrected chi connectivity index (χ3v) is 5.08. The molecule has 0 saturated carbocycles. The first kappa shape index (κ1) is 22.9. The number of methoxy groups -OCH3 is 3. The van der Waals surface area contributed by atoms with E-state index in [1.54, 1.807) is 17.5 Å². The van der Waals surface area contributed by atoms with Gasteiger partial charge >= 0.3 is 5.97 Å². The molecule has 1 heterocycles. The number of nitrogens with one attached hydrogen (secondary N) is 2. The summed E-state index contributed by atoms with van der Waals surface area (Å²) in [5.41, 5.74) is 1.63. The maximum Gasteiger partial charge on any atom is 0.358 e. The Morgan fingerprint density at radius 1 is 1.00 bits per heavy atom. The van der Waals surface area contributed by atoms with Crippen LogP contribution >= 0.6 is 11.3 Å². The molecule has 0 aliphatic rings. The number of hydrogen-bond donors (Lipinski definition) is 2. The normalized spacial score (nSPS) is 10.2. The van der Waals surface area contributed by atoms with Gasteiger partial charge in [0.25, 0.3) is 5.91 Å². The third-order valence-electron chi connectivity index (χ3n) is 4.28. The molecule has 3 rings (SSSR count). The van der Waals surface area contributed by atoms with Gasteiger partial charge in [0.15, 0.2) is 28.9 Å². The number of amides is 1. The Morgan fingerprint density at radius 2 is 1.69 bits per heavy atom. The number of thiazole rings is 1. The van der Waals surface area contributed by atoms with Crippen molar-refractivity contribution in [1.82, 2.24) is 4.98 Å². The second kappa shape index (κ2) is 11.0. The molecule has 32 heavy (non-hydrogen) atoms. The minimum Gasteiger partial charge on any atom is -0.493 e. The molecule has 0 unspecified atom stereocenters. The zero-order valence-corrected chi connectivity index (χ0v) is 18.7. The van der Waals surface area contributed by atoms with E-state index in [9.17, 15) is 9.59 Å². The molecule has 0 spiro atoms. The number of esters is 1. The molecule has 0 fully saturated rings. The fraction of sp³-hybridized carbons (Fsp3) is 0.227. The first-order chi connectivity index (χ1) is 15.5. The smallest absolute Gasteiger partial charge is 0.358 e. The molecular weight excluding hydrogens is 434 g/mol. The number of hydrogen-bond acceptors (Lipinski definition) is 9. The van der Waals surface area contributed by atoms with E-state index in [0.717, 1.165) is 5.56 Å². The van der Waals surface area contributed by atoms with Gasteiger partial charge in [-0.25, -0.2) is 9.78 Å². The summed E-state index contributed by atoms with van der Waals surface area (Å²) >= 11 is 1.28. The molecule has 0 aliphatic carbocycles. The van der Waals surface area contributed by atoms with Gasteiger partial charge in [0.05, 0.1) is 21.3 Å². The molecule has 2 aromatic carbocycles.